The van der Waals surface area contributed by atoms with Gasteiger partial charge in [-0.2, -0.15) is 0 Å². The van der Waals surface area contributed by atoms with E-state index in [1.165, 1.54) is 12.8 Å². The maximum Gasteiger partial charge on any atom is 0.178 e. The largest absolute Gasteiger partial charge is 0.378 e. The maximum atomic E-state index is 12.0. The minimum atomic E-state index is -3.04. The Hall–Kier alpha value is -1.81. The van der Waals surface area contributed by atoms with Crippen LogP contribution in [0.25, 0.3) is 0 Å². The summed E-state index contributed by atoms with van der Waals surface area (Å²) in [5.74, 6) is 0.293. The SMILES string of the molecule is CC.CCCC.CN(C)c1ccc2c(c1)CCCCS2(=O)=O.c1ccccc1. The smallest absolute Gasteiger partial charge is 0.178 e. The fourth-order valence-electron chi connectivity index (χ4n) is 2.45. The fourth-order valence-corrected chi connectivity index (χ4v) is 4.09. The number of fused-ring (bicyclic) bond motifs is 1. The van der Waals surface area contributed by atoms with Crippen LogP contribution in [0.3, 0.4) is 0 Å². The number of rotatable bonds is 2. The monoisotopic (exact) mass is 405 g/mol. The summed E-state index contributed by atoms with van der Waals surface area (Å²) in [6.45, 7) is 8.36. The molecular formula is C24H39NO2S. The van der Waals surface area contributed by atoms with E-state index in [0.29, 0.717) is 10.6 Å². The average Bonchev–Trinajstić information content (AvgIpc) is 2.89. The fraction of sp³-hybridized carbons (Fsp3) is 0.500. The second kappa shape index (κ2) is 15.2. The Balaban J connectivity index is 0.000000500. The van der Waals surface area contributed by atoms with Crippen molar-refractivity contribution in [3.05, 3.63) is 60.2 Å². The Morgan fingerprint density at radius 3 is 1.79 bits per heavy atom. The second-order valence-electron chi connectivity index (χ2n) is 6.62. The summed E-state index contributed by atoms with van der Waals surface area (Å²) in [6.07, 6.45) is 5.24. The summed E-state index contributed by atoms with van der Waals surface area (Å²) in [4.78, 5) is 2.54. The van der Waals surface area contributed by atoms with Gasteiger partial charge in [0.05, 0.1) is 10.6 Å². The van der Waals surface area contributed by atoms with Crippen LogP contribution in [0.1, 0.15) is 58.9 Å². The molecule has 3 nitrogen and oxygen atoms in total. The first-order valence-corrected chi connectivity index (χ1v) is 12.1. The molecule has 0 amide bonds. The average molecular weight is 406 g/mol. The number of sulfone groups is 1. The lowest BCUT2D eigenvalue weighted by Gasteiger charge is -2.15. The van der Waals surface area contributed by atoms with E-state index in [-0.39, 0.29) is 0 Å². The van der Waals surface area contributed by atoms with E-state index >= 15 is 0 Å². The summed E-state index contributed by atoms with van der Waals surface area (Å²) >= 11 is 0. The van der Waals surface area contributed by atoms with Crippen LogP contribution in [0, 0.1) is 0 Å². The number of hydrogen-bond acceptors (Lipinski definition) is 3. The highest BCUT2D eigenvalue weighted by atomic mass is 32.2. The van der Waals surface area contributed by atoms with E-state index < -0.39 is 9.84 Å². The summed E-state index contributed by atoms with van der Waals surface area (Å²) < 4.78 is 23.9. The van der Waals surface area contributed by atoms with E-state index in [0.717, 1.165) is 30.5 Å². The van der Waals surface area contributed by atoms with Crippen molar-refractivity contribution in [3.63, 3.8) is 0 Å². The van der Waals surface area contributed by atoms with Crippen LogP contribution in [-0.4, -0.2) is 28.3 Å². The summed E-state index contributed by atoms with van der Waals surface area (Å²) in [5, 5.41) is 0. The number of nitrogens with zero attached hydrogens (tertiary/aromatic N) is 1. The van der Waals surface area contributed by atoms with Crippen molar-refractivity contribution in [2.75, 3.05) is 24.7 Å². The number of benzene rings is 2. The van der Waals surface area contributed by atoms with Gasteiger partial charge in [-0.05, 0) is 43.0 Å². The van der Waals surface area contributed by atoms with Crippen LogP contribution in [-0.2, 0) is 16.3 Å². The number of aryl methyl sites for hydroxylation is 1. The molecule has 2 aromatic carbocycles. The Morgan fingerprint density at radius 2 is 1.36 bits per heavy atom. The molecule has 28 heavy (non-hydrogen) atoms. The van der Waals surface area contributed by atoms with Crippen molar-refractivity contribution < 1.29 is 8.42 Å². The molecule has 1 aliphatic rings. The van der Waals surface area contributed by atoms with Crippen LogP contribution >= 0.6 is 0 Å². The molecule has 0 aliphatic carbocycles. The molecule has 4 heteroatoms. The number of unbranched alkanes of at least 4 members (excludes halogenated alkanes) is 1. The van der Waals surface area contributed by atoms with Gasteiger partial charge in [0.2, 0.25) is 0 Å². The molecule has 0 aromatic heterocycles. The van der Waals surface area contributed by atoms with Gasteiger partial charge in [0.25, 0.3) is 0 Å². The molecule has 1 aliphatic heterocycles. The molecule has 2 aromatic rings. The number of anilines is 1. The van der Waals surface area contributed by atoms with Crippen LogP contribution in [0.4, 0.5) is 5.69 Å². The minimum absolute atomic E-state index is 0.293. The topological polar surface area (TPSA) is 37.4 Å². The van der Waals surface area contributed by atoms with E-state index in [2.05, 4.69) is 13.8 Å². The zero-order valence-corrected chi connectivity index (χ0v) is 19.4. The van der Waals surface area contributed by atoms with Crippen molar-refractivity contribution in [1.29, 1.82) is 0 Å². The molecule has 0 saturated heterocycles. The van der Waals surface area contributed by atoms with Crippen molar-refractivity contribution in [1.82, 2.24) is 0 Å². The van der Waals surface area contributed by atoms with Gasteiger partial charge in [0.1, 0.15) is 0 Å². The Labute approximate surface area is 173 Å². The molecular weight excluding hydrogens is 366 g/mol. The highest BCUT2D eigenvalue weighted by molar-refractivity contribution is 7.91. The van der Waals surface area contributed by atoms with E-state index in [9.17, 15) is 8.42 Å². The first-order valence-electron chi connectivity index (χ1n) is 10.4. The third-order valence-corrected chi connectivity index (χ3v) is 6.07. The van der Waals surface area contributed by atoms with Gasteiger partial charge in [0.15, 0.2) is 9.84 Å². The zero-order chi connectivity index (χ0) is 21.4. The van der Waals surface area contributed by atoms with Crippen LogP contribution in [0.5, 0.6) is 0 Å². The van der Waals surface area contributed by atoms with Gasteiger partial charge in [-0.3, -0.25) is 0 Å². The van der Waals surface area contributed by atoms with Crippen molar-refractivity contribution >= 4 is 15.5 Å². The standard InChI is InChI=1S/C12H17NO2S.C6H6.C4H10.C2H6/c1-13(2)11-6-7-12-10(9-11)5-3-4-8-16(12,14)15;1-2-4-6-5-3-1;1-3-4-2;1-2/h6-7,9H,3-5,8H2,1-2H3;1-6H;3-4H2,1-2H3;1-2H3. The predicted molar refractivity (Wildman–Crippen MR) is 124 cm³/mol. The van der Waals surface area contributed by atoms with Crippen molar-refractivity contribution in [2.24, 2.45) is 0 Å². The minimum Gasteiger partial charge on any atom is -0.378 e. The van der Waals surface area contributed by atoms with E-state index in [1.54, 1.807) is 6.07 Å². The summed E-state index contributed by atoms with van der Waals surface area (Å²) in [5.41, 5.74) is 2.04. The third-order valence-electron chi connectivity index (χ3n) is 4.17. The van der Waals surface area contributed by atoms with Gasteiger partial charge < -0.3 is 4.90 Å². The molecule has 1 heterocycles. The number of hydrogen-bond donors (Lipinski definition) is 0. The molecule has 0 saturated carbocycles. The molecule has 0 atom stereocenters. The predicted octanol–water partition coefficient (Wildman–Crippen LogP) is 6.38. The molecule has 0 fully saturated rings. The first-order chi connectivity index (χ1) is 13.4. The summed E-state index contributed by atoms with van der Waals surface area (Å²) in [7, 11) is 0.891. The summed E-state index contributed by atoms with van der Waals surface area (Å²) in [6, 6.07) is 17.6. The molecule has 0 bridgehead atoms. The molecule has 0 radical (unpaired) electrons. The van der Waals surface area contributed by atoms with E-state index in [1.807, 2.05) is 81.4 Å². The maximum absolute atomic E-state index is 12.0. The van der Waals surface area contributed by atoms with Gasteiger partial charge in [-0.1, -0.05) is 76.9 Å². The van der Waals surface area contributed by atoms with Crippen molar-refractivity contribution in [2.45, 2.75) is 64.7 Å². The van der Waals surface area contributed by atoms with Crippen LogP contribution < -0.4 is 4.90 Å². The van der Waals surface area contributed by atoms with Gasteiger partial charge in [0, 0.05) is 19.8 Å². The van der Waals surface area contributed by atoms with Crippen LogP contribution in [0.2, 0.25) is 0 Å². The lowest BCUT2D eigenvalue weighted by Crippen LogP contribution is -2.11. The third kappa shape index (κ3) is 9.93. The first kappa shape index (κ1) is 26.2. The highest BCUT2D eigenvalue weighted by Gasteiger charge is 2.21. The highest BCUT2D eigenvalue weighted by Crippen LogP contribution is 2.27. The Bertz CT molecular complexity index is 697. The van der Waals surface area contributed by atoms with Gasteiger partial charge >= 0.3 is 0 Å². The Morgan fingerprint density at radius 1 is 0.857 bits per heavy atom. The molecule has 0 N–H and O–H groups in total. The lowest BCUT2D eigenvalue weighted by atomic mass is 10.1. The second-order valence-corrected chi connectivity index (χ2v) is 8.69. The molecule has 158 valence electrons. The normalized spacial score (nSPS) is 13.6. The molecule has 0 unspecified atom stereocenters. The van der Waals surface area contributed by atoms with Crippen molar-refractivity contribution in [3.8, 4) is 0 Å². The van der Waals surface area contributed by atoms with Crippen LogP contribution in [0.15, 0.2) is 59.5 Å². The lowest BCUT2D eigenvalue weighted by molar-refractivity contribution is 0.594. The van der Waals surface area contributed by atoms with Gasteiger partial charge in [-0.15, -0.1) is 0 Å². The zero-order valence-electron chi connectivity index (χ0n) is 18.6. The quantitative estimate of drug-likeness (QED) is 0.581. The Kier molecular flexibility index (Phi) is 14.2. The molecule has 0 spiro atoms. The molecule has 3 rings (SSSR count). The van der Waals surface area contributed by atoms with E-state index in [4.69, 9.17) is 0 Å². The van der Waals surface area contributed by atoms with Gasteiger partial charge in [-0.25, -0.2) is 8.42 Å².